The van der Waals surface area contributed by atoms with E-state index in [1.165, 1.54) is 11.8 Å². The summed E-state index contributed by atoms with van der Waals surface area (Å²) in [6.07, 6.45) is 5.87. The van der Waals surface area contributed by atoms with E-state index >= 15 is 0 Å². The number of sulfone groups is 1. The predicted octanol–water partition coefficient (Wildman–Crippen LogP) is 2.40. The van der Waals surface area contributed by atoms with Crippen molar-refractivity contribution < 1.29 is 17.9 Å². The van der Waals surface area contributed by atoms with E-state index in [0.29, 0.717) is 18.1 Å². The van der Waals surface area contributed by atoms with Gasteiger partial charge in [0.2, 0.25) is 0 Å². The number of hydrogen-bond donors (Lipinski definition) is 0. The molecule has 1 aliphatic heterocycles. The van der Waals surface area contributed by atoms with Crippen LogP contribution in [0.4, 0.5) is 0 Å². The van der Waals surface area contributed by atoms with Crippen molar-refractivity contribution in [1.82, 2.24) is 0 Å². The SMILES string of the molecule is CS(=O)(=O)c1ccc(C2=CCC3(CC2)OCCO3)cc1. The predicted molar refractivity (Wildman–Crippen MR) is 76.0 cm³/mol. The average Bonchev–Trinajstić information content (AvgIpc) is 2.87. The van der Waals surface area contributed by atoms with Crippen LogP contribution in [-0.2, 0) is 19.3 Å². The fourth-order valence-electron chi connectivity index (χ4n) is 2.75. The van der Waals surface area contributed by atoms with Gasteiger partial charge in [-0.15, -0.1) is 0 Å². The molecule has 0 bridgehead atoms. The third-order valence-electron chi connectivity index (χ3n) is 3.90. The molecule has 1 heterocycles. The highest BCUT2D eigenvalue weighted by Gasteiger charge is 2.37. The lowest BCUT2D eigenvalue weighted by Crippen LogP contribution is -2.31. The smallest absolute Gasteiger partial charge is 0.175 e. The Bertz CT molecular complexity index is 622. The maximum absolute atomic E-state index is 11.4. The van der Waals surface area contributed by atoms with Crippen LogP contribution in [0.15, 0.2) is 35.2 Å². The number of benzene rings is 1. The zero-order chi connectivity index (χ0) is 14.2. The largest absolute Gasteiger partial charge is 0.347 e. The first kappa shape index (κ1) is 13.8. The van der Waals surface area contributed by atoms with Crippen LogP contribution in [0, 0.1) is 0 Å². The van der Waals surface area contributed by atoms with Gasteiger partial charge >= 0.3 is 0 Å². The Kier molecular flexibility index (Phi) is 3.44. The lowest BCUT2D eigenvalue weighted by atomic mass is 9.90. The highest BCUT2D eigenvalue weighted by Crippen LogP contribution is 2.38. The van der Waals surface area contributed by atoms with E-state index in [-0.39, 0.29) is 0 Å². The second-order valence-electron chi connectivity index (χ2n) is 5.34. The molecule has 4 nitrogen and oxygen atoms in total. The van der Waals surface area contributed by atoms with Gasteiger partial charge in [0.05, 0.1) is 18.1 Å². The molecule has 0 unspecified atom stereocenters. The third-order valence-corrected chi connectivity index (χ3v) is 5.03. The summed E-state index contributed by atoms with van der Waals surface area (Å²) in [6.45, 7) is 1.35. The molecule has 1 saturated heterocycles. The van der Waals surface area contributed by atoms with E-state index < -0.39 is 15.6 Å². The minimum Gasteiger partial charge on any atom is -0.347 e. The van der Waals surface area contributed by atoms with E-state index in [9.17, 15) is 8.42 Å². The van der Waals surface area contributed by atoms with E-state index in [0.717, 1.165) is 24.8 Å². The van der Waals surface area contributed by atoms with Crippen LogP contribution in [0.2, 0.25) is 0 Å². The van der Waals surface area contributed by atoms with E-state index in [2.05, 4.69) is 6.08 Å². The van der Waals surface area contributed by atoms with Crippen molar-refractivity contribution in [2.75, 3.05) is 19.5 Å². The second-order valence-corrected chi connectivity index (χ2v) is 7.35. The Labute approximate surface area is 119 Å². The lowest BCUT2D eigenvalue weighted by Gasteiger charge is -2.30. The third kappa shape index (κ3) is 2.66. The second kappa shape index (κ2) is 4.98. The summed E-state index contributed by atoms with van der Waals surface area (Å²) in [4.78, 5) is 0.358. The molecule has 5 heteroatoms. The standard InChI is InChI=1S/C15H18O4S/c1-20(16,17)14-4-2-12(3-5-14)13-6-8-15(9-7-13)18-10-11-19-15/h2-6H,7-11H2,1H3. The number of ether oxygens (including phenoxy) is 2. The summed E-state index contributed by atoms with van der Waals surface area (Å²) in [5, 5.41) is 0. The topological polar surface area (TPSA) is 52.6 Å². The van der Waals surface area contributed by atoms with Crippen molar-refractivity contribution >= 4 is 15.4 Å². The maximum Gasteiger partial charge on any atom is 0.175 e. The molecule has 1 aliphatic carbocycles. The normalized spacial score (nSPS) is 21.9. The van der Waals surface area contributed by atoms with Gasteiger partial charge in [0.1, 0.15) is 0 Å². The van der Waals surface area contributed by atoms with Gasteiger partial charge in [0.25, 0.3) is 0 Å². The first-order chi connectivity index (χ1) is 9.49. The summed E-state index contributed by atoms with van der Waals surface area (Å²) in [6, 6.07) is 7.07. The van der Waals surface area contributed by atoms with E-state index in [1.54, 1.807) is 12.1 Å². The van der Waals surface area contributed by atoms with Crippen LogP contribution in [0.3, 0.4) is 0 Å². The molecule has 20 heavy (non-hydrogen) atoms. The van der Waals surface area contributed by atoms with Crippen molar-refractivity contribution in [2.45, 2.75) is 29.9 Å². The average molecular weight is 294 g/mol. The highest BCUT2D eigenvalue weighted by atomic mass is 32.2. The monoisotopic (exact) mass is 294 g/mol. The first-order valence-electron chi connectivity index (χ1n) is 6.76. The molecule has 1 aromatic rings. The lowest BCUT2D eigenvalue weighted by molar-refractivity contribution is -0.159. The molecular weight excluding hydrogens is 276 g/mol. The minimum absolute atomic E-state index is 0.358. The highest BCUT2D eigenvalue weighted by molar-refractivity contribution is 7.90. The van der Waals surface area contributed by atoms with Crippen LogP contribution >= 0.6 is 0 Å². The number of allylic oxidation sites excluding steroid dienone is 1. The summed E-state index contributed by atoms with van der Waals surface area (Å²) < 4.78 is 34.3. The Balaban J connectivity index is 1.79. The molecule has 0 aromatic heterocycles. The molecule has 1 spiro atoms. The quantitative estimate of drug-likeness (QED) is 0.840. The molecule has 0 radical (unpaired) electrons. The van der Waals surface area contributed by atoms with Crippen LogP contribution in [0.1, 0.15) is 24.8 Å². The summed E-state index contributed by atoms with van der Waals surface area (Å²) in [5.74, 6) is -0.407. The molecule has 0 atom stereocenters. The van der Waals surface area contributed by atoms with E-state index in [1.807, 2.05) is 12.1 Å². The molecule has 108 valence electrons. The minimum atomic E-state index is -3.13. The van der Waals surface area contributed by atoms with Crippen LogP contribution in [-0.4, -0.2) is 33.7 Å². The Morgan fingerprint density at radius 3 is 2.25 bits per heavy atom. The van der Waals surface area contributed by atoms with Gasteiger partial charge < -0.3 is 9.47 Å². The molecule has 0 amide bonds. The Hall–Kier alpha value is -1.17. The summed E-state index contributed by atoms with van der Waals surface area (Å²) in [5.41, 5.74) is 2.31. The zero-order valence-corrected chi connectivity index (χ0v) is 12.3. The molecular formula is C15H18O4S. The van der Waals surface area contributed by atoms with Gasteiger partial charge in [-0.2, -0.15) is 0 Å². The van der Waals surface area contributed by atoms with Crippen molar-refractivity contribution in [3.8, 4) is 0 Å². The molecule has 0 saturated carbocycles. The van der Waals surface area contributed by atoms with Gasteiger partial charge in [-0.25, -0.2) is 8.42 Å². The van der Waals surface area contributed by atoms with Crippen molar-refractivity contribution in [3.05, 3.63) is 35.9 Å². The molecule has 3 rings (SSSR count). The zero-order valence-electron chi connectivity index (χ0n) is 11.5. The van der Waals surface area contributed by atoms with Crippen molar-refractivity contribution in [2.24, 2.45) is 0 Å². The maximum atomic E-state index is 11.4. The van der Waals surface area contributed by atoms with Gasteiger partial charge in [-0.05, 0) is 29.7 Å². The summed E-state index contributed by atoms with van der Waals surface area (Å²) >= 11 is 0. The van der Waals surface area contributed by atoms with Crippen LogP contribution in [0.5, 0.6) is 0 Å². The first-order valence-corrected chi connectivity index (χ1v) is 8.65. The Morgan fingerprint density at radius 1 is 1.10 bits per heavy atom. The fraction of sp³-hybridized carbons (Fsp3) is 0.467. The number of rotatable bonds is 2. The molecule has 1 fully saturated rings. The van der Waals surface area contributed by atoms with Gasteiger partial charge in [0, 0.05) is 19.1 Å². The van der Waals surface area contributed by atoms with E-state index in [4.69, 9.17) is 9.47 Å². The van der Waals surface area contributed by atoms with Crippen molar-refractivity contribution in [3.63, 3.8) is 0 Å². The molecule has 0 N–H and O–H groups in total. The number of hydrogen-bond acceptors (Lipinski definition) is 4. The molecule has 1 aromatic carbocycles. The molecule has 2 aliphatic rings. The Morgan fingerprint density at radius 2 is 1.75 bits per heavy atom. The van der Waals surface area contributed by atoms with Gasteiger partial charge in [-0.1, -0.05) is 18.2 Å². The van der Waals surface area contributed by atoms with Crippen LogP contribution < -0.4 is 0 Å². The van der Waals surface area contributed by atoms with Crippen molar-refractivity contribution in [1.29, 1.82) is 0 Å². The fourth-order valence-corrected chi connectivity index (χ4v) is 3.38. The van der Waals surface area contributed by atoms with Gasteiger partial charge in [-0.3, -0.25) is 0 Å². The van der Waals surface area contributed by atoms with Gasteiger partial charge in [0.15, 0.2) is 15.6 Å². The summed E-state index contributed by atoms with van der Waals surface area (Å²) in [7, 11) is -3.13. The van der Waals surface area contributed by atoms with Crippen LogP contribution in [0.25, 0.3) is 5.57 Å².